The fraction of sp³-hybridized carbons (Fsp3) is 0.278. The average molecular weight is 392 g/mol. The van der Waals surface area contributed by atoms with Crippen LogP contribution in [0.4, 0.5) is 5.69 Å². The molecule has 1 amide bonds. The molecule has 26 heavy (non-hydrogen) atoms. The summed E-state index contributed by atoms with van der Waals surface area (Å²) in [6.45, 7) is 1.71. The molecule has 0 saturated carbocycles. The largest absolute Gasteiger partial charge is 0.349 e. The molecule has 6 nitrogen and oxygen atoms in total. The van der Waals surface area contributed by atoms with E-state index in [4.69, 9.17) is 11.6 Å². The molecule has 8 heteroatoms. The van der Waals surface area contributed by atoms with Crippen LogP contribution in [0.15, 0.2) is 52.3 Å². The van der Waals surface area contributed by atoms with Crippen LogP contribution in [-0.2, 0) is 0 Å². The van der Waals surface area contributed by atoms with Gasteiger partial charge >= 0.3 is 0 Å². The van der Waals surface area contributed by atoms with Crippen molar-refractivity contribution in [1.29, 1.82) is 0 Å². The summed E-state index contributed by atoms with van der Waals surface area (Å²) in [7, 11) is 0. The fourth-order valence-electron chi connectivity index (χ4n) is 2.76. The van der Waals surface area contributed by atoms with Gasteiger partial charge in [0, 0.05) is 33.0 Å². The van der Waals surface area contributed by atoms with Gasteiger partial charge in [-0.3, -0.25) is 14.9 Å². The lowest BCUT2D eigenvalue weighted by Crippen LogP contribution is -2.42. The van der Waals surface area contributed by atoms with Crippen molar-refractivity contribution in [3.63, 3.8) is 0 Å². The van der Waals surface area contributed by atoms with Gasteiger partial charge in [-0.1, -0.05) is 23.4 Å². The number of nitrogens with one attached hydrogen (secondary N) is 2. The summed E-state index contributed by atoms with van der Waals surface area (Å²) >= 11 is 7.29. The van der Waals surface area contributed by atoms with E-state index in [0.717, 1.165) is 30.8 Å². The molecule has 1 heterocycles. The van der Waals surface area contributed by atoms with Gasteiger partial charge < -0.3 is 10.6 Å². The highest BCUT2D eigenvalue weighted by Crippen LogP contribution is 2.33. The summed E-state index contributed by atoms with van der Waals surface area (Å²) in [4.78, 5) is 25.0. The number of non-ortho nitro benzene ring substituents is 1. The monoisotopic (exact) mass is 391 g/mol. The third-order valence-electron chi connectivity index (χ3n) is 4.13. The van der Waals surface area contributed by atoms with Crippen molar-refractivity contribution in [2.24, 2.45) is 0 Å². The van der Waals surface area contributed by atoms with Gasteiger partial charge in [0.1, 0.15) is 0 Å². The molecule has 0 spiro atoms. The Bertz CT molecular complexity index is 808. The molecule has 2 aromatic carbocycles. The number of rotatable bonds is 5. The van der Waals surface area contributed by atoms with E-state index in [9.17, 15) is 14.9 Å². The smallest absolute Gasteiger partial charge is 0.270 e. The van der Waals surface area contributed by atoms with E-state index in [1.165, 1.54) is 23.9 Å². The van der Waals surface area contributed by atoms with Crippen LogP contribution in [0.5, 0.6) is 0 Å². The Kier molecular flexibility index (Phi) is 6.13. The number of carbonyl (C=O) groups excluding carboxylic acids is 1. The molecule has 0 aromatic heterocycles. The zero-order valence-corrected chi connectivity index (χ0v) is 15.5. The van der Waals surface area contributed by atoms with E-state index >= 15 is 0 Å². The maximum atomic E-state index is 12.8. The maximum absolute atomic E-state index is 12.8. The van der Waals surface area contributed by atoms with E-state index in [1.807, 2.05) is 12.1 Å². The average Bonchev–Trinajstić information content (AvgIpc) is 2.64. The zero-order valence-electron chi connectivity index (χ0n) is 13.9. The molecule has 2 aromatic rings. The van der Waals surface area contributed by atoms with Crippen molar-refractivity contribution in [3.05, 3.63) is 63.2 Å². The van der Waals surface area contributed by atoms with Gasteiger partial charge in [-0.15, -0.1) is 0 Å². The Balaban J connectivity index is 1.86. The molecule has 2 N–H and O–H groups in total. The first-order chi connectivity index (χ1) is 12.5. The van der Waals surface area contributed by atoms with Gasteiger partial charge in [-0.05, 0) is 56.3 Å². The number of carbonyl (C=O) groups is 1. The fourth-order valence-corrected chi connectivity index (χ4v) is 3.81. The predicted octanol–water partition coefficient (Wildman–Crippen LogP) is 3.88. The molecule has 136 valence electrons. The highest BCUT2D eigenvalue weighted by Gasteiger charge is 2.21. The normalized spacial score (nSPS) is 14.8. The zero-order chi connectivity index (χ0) is 18.5. The van der Waals surface area contributed by atoms with Crippen LogP contribution in [0.25, 0.3) is 0 Å². The highest BCUT2D eigenvalue weighted by atomic mass is 35.5. The third-order valence-corrected chi connectivity index (χ3v) is 5.47. The molecule has 0 unspecified atom stereocenters. The molecule has 1 aliphatic rings. The molecule has 1 aliphatic heterocycles. The standard InChI is InChI=1S/C18H18ClN3O3S/c19-12-1-4-15(5-2-12)26-17-6-3-14(22(24)25)11-16(17)18(23)21-13-7-9-20-10-8-13/h1-6,11,13,20H,7-10H2,(H,21,23). The second-order valence-electron chi connectivity index (χ2n) is 5.99. The lowest BCUT2D eigenvalue weighted by Gasteiger charge is -2.24. The lowest BCUT2D eigenvalue weighted by atomic mass is 10.1. The molecular weight excluding hydrogens is 374 g/mol. The van der Waals surface area contributed by atoms with E-state index in [2.05, 4.69) is 10.6 Å². The van der Waals surface area contributed by atoms with Crippen LogP contribution in [0, 0.1) is 10.1 Å². The minimum Gasteiger partial charge on any atom is -0.349 e. The number of hydrogen-bond donors (Lipinski definition) is 2. The van der Waals surface area contributed by atoms with Crippen LogP contribution < -0.4 is 10.6 Å². The van der Waals surface area contributed by atoms with Gasteiger partial charge in [0.15, 0.2) is 0 Å². The SMILES string of the molecule is O=C(NC1CCNCC1)c1cc([N+](=O)[O-])ccc1Sc1ccc(Cl)cc1. The Labute approximate surface area is 160 Å². The Hall–Kier alpha value is -2.09. The first-order valence-electron chi connectivity index (χ1n) is 8.26. The topological polar surface area (TPSA) is 84.3 Å². The number of amides is 1. The van der Waals surface area contributed by atoms with Gasteiger partial charge in [0.2, 0.25) is 0 Å². The summed E-state index contributed by atoms with van der Waals surface area (Å²) in [5, 5.41) is 18.0. The van der Waals surface area contributed by atoms with E-state index < -0.39 is 4.92 Å². The molecule has 3 rings (SSSR count). The second-order valence-corrected chi connectivity index (χ2v) is 7.54. The summed E-state index contributed by atoms with van der Waals surface area (Å²) in [6, 6.07) is 11.7. The minimum atomic E-state index is -0.488. The van der Waals surface area contributed by atoms with Crippen molar-refractivity contribution in [3.8, 4) is 0 Å². The van der Waals surface area contributed by atoms with Gasteiger partial charge in [0.05, 0.1) is 10.5 Å². The molecule has 0 aliphatic carbocycles. The third kappa shape index (κ3) is 4.75. The summed E-state index contributed by atoms with van der Waals surface area (Å²) in [5.74, 6) is -0.280. The van der Waals surface area contributed by atoms with Crippen LogP contribution in [0.3, 0.4) is 0 Å². The van der Waals surface area contributed by atoms with Crippen LogP contribution in [0.1, 0.15) is 23.2 Å². The highest BCUT2D eigenvalue weighted by molar-refractivity contribution is 7.99. The number of benzene rings is 2. The quantitative estimate of drug-likeness (QED) is 0.596. The Morgan fingerprint density at radius 2 is 1.88 bits per heavy atom. The van der Waals surface area contributed by atoms with E-state index in [0.29, 0.717) is 15.5 Å². The number of nitro benzene ring substituents is 1. The molecular formula is C18H18ClN3O3S. The van der Waals surface area contributed by atoms with Crippen molar-refractivity contribution in [2.75, 3.05) is 13.1 Å². The van der Waals surface area contributed by atoms with Gasteiger partial charge in [-0.25, -0.2) is 0 Å². The number of nitrogens with zero attached hydrogens (tertiary/aromatic N) is 1. The summed E-state index contributed by atoms with van der Waals surface area (Å²) in [6.07, 6.45) is 1.70. The predicted molar refractivity (Wildman–Crippen MR) is 102 cm³/mol. The molecule has 1 fully saturated rings. The summed E-state index contributed by atoms with van der Waals surface area (Å²) in [5.41, 5.74) is 0.221. The molecule has 0 radical (unpaired) electrons. The first-order valence-corrected chi connectivity index (χ1v) is 9.46. The van der Waals surface area contributed by atoms with Gasteiger partial charge in [0.25, 0.3) is 11.6 Å². The van der Waals surface area contributed by atoms with Crippen LogP contribution >= 0.6 is 23.4 Å². The van der Waals surface area contributed by atoms with E-state index in [-0.39, 0.29) is 17.6 Å². The van der Waals surface area contributed by atoms with Crippen LogP contribution in [-0.4, -0.2) is 30.0 Å². The maximum Gasteiger partial charge on any atom is 0.270 e. The number of hydrogen-bond acceptors (Lipinski definition) is 5. The van der Waals surface area contributed by atoms with Crippen molar-refractivity contribution in [2.45, 2.75) is 28.7 Å². The minimum absolute atomic E-state index is 0.0800. The Morgan fingerprint density at radius 3 is 2.54 bits per heavy atom. The van der Waals surface area contributed by atoms with E-state index in [1.54, 1.807) is 18.2 Å². The molecule has 1 saturated heterocycles. The Morgan fingerprint density at radius 1 is 1.19 bits per heavy atom. The number of nitro groups is 1. The lowest BCUT2D eigenvalue weighted by molar-refractivity contribution is -0.384. The first kappa shape index (κ1) is 18.7. The molecule has 0 bridgehead atoms. The number of piperidine rings is 1. The second kappa shape index (κ2) is 8.53. The van der Waals surface area contributed by atoms with Crippen molar-refractivity contribution in [1.82, 2.24) is 10.6 Å². The number of halogens is 1. The summed E-state index contributed by atoms with van der Waals surface area (Å²) < 4.78 is 0. The van der Waals surface area contributed by atoms with Crippen LogP contribution in [0.2, 0.25) is 5.02 Å². The van der Waals surface area contributed by atoms with Crippen molar-refractivity contribution >= 4 is 35.0 Å². The van der Waals surface area contributed by atoms with Crippen molar-refractivity contribution < 1.29 is 9.72 Å². The molecule has 0 atom stereocenters. The van der Waals surface area contributed by atoms with Gasteiger partial charge in [-0.2, -0.15) is 0 Å².